The Labute approximate surface area is 84.1 Å². The van der Waals surface area contributed by atoms with Crippen LogP contribution in [-0.2, 0) is 3.63 Å². The minimum absolute atomic E-state index is 0.651. The highest BCUT2D eigenvalue weighted by Crippen LogP contribution is 2.22. The maximum atomic E-state index is 8.92. The van der Waals surface area contributed by atoms with Crippen molar-refractivity contribution in [2.75, 3.05) is 0 Å². The summed E-state index contributed by atoms with van der Waals surface area (Å²) in [7, 11) is 0. The highest BCUT2D eigenvalue weighted by atomic mass is 32.2. The van der Waals surface area contributed by atoms with Crippen LogP contribution in [0.5, 0.6) is 0 Å². The predicted molar refractivity (Wildman–Crippen MR) is 51.8 cm³/mol. The van der Waals surface area contributed by atoms with Crippen LogP contribution in [0.4, 0.5) is 0 Å². The maximum Gasteiger partial charge on any atom is 0.148 e. The molecule has 0 aromatic carbocycles. The number of aliphatic hydroxyl groups excluding tert-OH is 4. The first-order valence-electron chi connectivity index (χ1n) is 3.17. The first-order valence-corrected chi connectivity index (χ1v) is 4.78. The Balaban J connectivity index is 3.44. The second kappa shape index (κ2) is 8.27. The Morgan fingerprint density at radius 3 is 1.62 bits per heavy atom. The predicted octanol–water partition coefficient (Wildman–Crippen LogP) is 1.08. The van der Waals surface area contributed by atoms with Crippen LogP contribution >= 0.6 is 24.1 Å². The van der Waals surface area contributed by atoms with Gasteiger partial charge in [-0.05, 0) is 12.2 Å². The molecule has 0 aromatic heterocycles. The van der Waals surface area contributed by atoms with Crippen LogP contribution in [0.1, 0.15) is 0 Å². The summed E-state index contributed by atoms with van der Waals surface area (Å²) in [5.74, 6) is 0. The fraction of sp³-hybridized carbons (Fsp3) is 0.333. The van der Waals surface area contributed by atoms with E-state index in [0.29, 0.717) is 36.6 Å². The average molecular weight is 226 g/mol. The van der Waals surface area contributed by atoms with Gasteiger partial charge in [0, 0.05) is 24.1 Å². The number of hydrogen-bond acceptors (Lipinski definition) is 7. The summed E-state index contributed by atoms with van der Waals surface area (Å²) >= 11 is 1.30. The van der Waals surface area contributed by atoms with Crippen LogP contribution in [0, 0.1) is 0 Å². The normalized spacial score (nSPS) is 16.8. The molecule has 13 heavy (non-hydrogen) atoms. The van der Waals surface area contributed by atoms with Crippen LogP contribution < -0.4 is 0 Å². The standard InChI is InChI=1S/C6H10O5S2/c7-3-1-5(9)12-11-13-6(10)2-4-8/h1-10H. The highest BCUT2D eigenvalue weighted by molar-refractivity contribution is 8.08. The Kier molecular flexibility index (Phi) is 8.05. The van der Waals surface area contributed by atoms with Crippen molar-refractivity contribution < 1.29 is 24.1 Å². The molecule has 0 aliphatic carbocycles. The largest absolute Gasteiger partial charge is 0.516 e. The van der Waals surface area contributed by atoms with Gasteiger partial charge in [-0.15, -0.1) is 0 Å². The van der Waals surface area contributed by atoms with E-state index < -0.39 is 10.9 Å². The number of aliphatic hydroxyl groups is 4. The molecule has 0 aliphatic rings. The second-order valence-electron chi connectivity index (χ2n) is 1.72. The summed E-state index contributed by atoms with van der Waals surface area (Å²) in [5, 5.41) is 34.3. The zero-order valence-corrected chi connectivity index (χ0v) is 8.11. The molecule has 0 aliphatic heterocycles. The van der Waals surface area contributed by atoms with Gasteiger partial charge in [-0.1, -0.05) is 0 Å². The zero-order chi connectivity index (χ0) is 10.1. The van der Waals surface area contributed by atoms with E-state index in [0.717, 1.165) is 12.2 Å². The van der Waals surface area contributed by atoms with Crippen molar-refractivity contribution >= 4 is 24.1 Å². The lowest BCUT2D eigenvalue weighted by Crippen LogP contribution is -1.98. The van der Waals surface area contributed by atoms with Crippen LogP contribution in [0.25, 0.3) is 0 Å². The lowest BCUT2D eigenvalue weighted by molar-refractivity contribution is 0.292. The molecule has 4 N–H and O–H groups in total. The molecule has 2 atom stereocenters. The van der Waals surface area contributed by atoms with Crippen LogP contribution in [0.15, 0.2) is 24.7 Å². The first kappa shape index (κ1) is 12.7. The van der Waals surface area contributed by atoms with E-state index in [9.17, 15) is 0 Å². The van der Waals surface area contributed by atoms with Gasteiger partial charge in [-0.3, -0.25) is 0 Å². The zero-order valence-electron chi connectivity index (χ0n) is 6.48. The van der Waals surface area contributed by atoms with Crippen molar-refractivity contribution in [3.8, 4) is 0 Å². The molecule has 0 rings (SSSR count). The monoisotopic (exact) mass is 226 g/mol. The van der Waals surface area contributed by atoms with Crippen molar-refractivity contribution in [3.63, 3.8) is 0 Å². The van der Waals surface area contributed by atoms with Gasteiger partial charge in [-0.2, -0.15) is 0 Å². The minimum Gasteiger partial charge on any atom is -0.516 e. The fourth-order valence-electron chi connectivity index (χ4n) is 0.315. The van der Waals surface area contributed by atoms with Crippen LogP contribution in [0.3, 0.4) is 0 Å². The quantitative estimate of drug-likeness (QED) is 0.306. The molecule has 0 aromatic rings. The molecule has 76 valence electrons. The van der Waals surface area contributed by atoms with E-state index in [-0.39, 0.29) is 0 Å². The Morgan fingerprint density at radius 2 is 1.31 bits per heavy atom. The molecule has 0 amide bonds. The third-order valence-electron chi connectivity index (χ3n) is 0.777. The van der Waals surface area contributed by atoms with Crippen molar-refractivity contribution in [2.45, 2.75) is 10.9 Å². The van der Waals surface area contributed by atoms with Crippen molar-refractivity contribution in [2.24, 2.45) is 0 Å². The summed E-state index contributed by atoms with van der Waals surface area (Å²) in [4.78, 5) is 0. The first-order chi connectivity index (χ1) is 6.20. The summed E-state index contributed by atoms with van der Waals surface area (Å²) in [5.41, 5.74) is -1.99. The number of rotatable bonds is 6. The molecule has 5 nitrogen and oxygen atoms in total. The van der Waals surface area contributed by atoms with E-state index in [1.165, 1.54) is 0 Å². The molecule has 0 saturated carbocycles. The van der Waals surface area contributed by atoms with E-state index in [4.69, 9.17) is 20.4 Å². The Hall–Kier alpha value is -0.340. The van der Waals surface area contributed by atoms with Gasteiger partial charge in [0.1, 0.15) is 10.9 Å². The van der Waals surface area contributed by atoms with E-state index in [1.807, 2.05) is 0 Å². The summed E-state index contributed by atoms with van der Waals surface area (Å²) in [6.45, 7) is 0. The molecule has 0 saturated heterocycles. The fourth-order valence-corrected chi connectivity index (χ4v) is 1.41. The molecule has 0 heterocycles. The molecular weight excluding hydrogens is 216 g/mol. The minimum atomic E-state index is -0.997. The van der Waals surface area contributed by atoms with Crippen molar-refractivity contribution in [3.05, 3.63) is 24.7 Å². The van der Waals surface area contributed by atoms with Gasteiger partial charge in [0.25, 0.3) is 0 Å². The smallest absolute Gasteiger partial charge is 0.148 e. The molecule has 0 radical (unpaired) electrons. The van der Waals surface area contributed by atoms with Gasteiger partial charge >= 0.3 is 0 Å². The van der Waals surface area contributed by atoms with E-state index in [2.05, 4.69) is 3.63 Å². The Bertz CT molecular complexity index is 154. The summed E-state index contributed by atoms with van der Waals surface area (Å²) in [6, 6.07) is 0. The summed E-state index contributed by atoms with van der Waals surface area (Å²) in [6.07, 6.45) is 3.57. The van der Waals surface area contributed by atoms with Gasteiger partial charge < -0.3 is 20.4 Å². The third kappa shape index (κ3) is 8.00. The van der Waals surface area contributed by atoms with E-state index >= 15 is 0 Å². The third-order valence-corrected chi connectivity index (χ3v) is 2.11. The van der Waals surface area contributed by atoms with Crippen molar-refractivity contribution in [1.29, 1.82) is 0 Å². The van der Waals surface area contributed by atoms with E-state index in [1.54, 1.807) is 0 Å². The maximum absolute atomic E-state index is 8.92. The lowest BCUT2D eigenvalue weighted by Gasteiger charge is -2.05. The highest BCUT2D eigenvalue weighted by Gasteiger charge is 2.04. The Morgan fingerprint density at radius 1 is 0.923 bits per heavy atom. The van der Waals surface area contributed by atoms with Crippen molar-refractivity contribution in [1.82, 2.24) is 0 Å². The summed E-state index contributed by atoms with van der Waals surface area (Å²) < 4.78 is 4.67. The molecule has 0 spiro atoms. The average Bonchev–Trinajstić information content (AvgIpc) is 2.05. The lowest BCUT2D eigenvalue weighted by atomic mass is 10.7. The molecule has 0 fully saturated rings. The molecule has 0 bridgehead atoms. The van der Waals surface area contributed by atoms with Crippen LogP contribution in [0.2, 0.25) is 0 Å². The SMILES string of the molecule is OC=CC(O)SOSC(O)C=CO. The molecular formula is C6H10O5S2. The molecule has 2 unspecified atom stereocenters. The number of hydrogen-bond donors (Lipinski definition) is 4. The van der Waals surface area contributed by atoms with Crippen LogP contribution in [-0.4, -0.2) is 31.3 Å². The van der Waals surface area contributed by atoms with Gasteiger partial charge in [0.05, 0.1) is 12.5 Å². The van der Waals surface area contributed by atoms with Gasteiger partial charge in [0.2, 0.25) is 0 Å². The molecule has 7 heteroatoms. The van der Waals surface area contributed by atoms with Gasteiger partial charge in [-0.25, -0.2) is 3.63 Å². The van der Waals surface area contributed by atoms with Gasteiger partial charge in [0.15, 0.2) is 0 Å². The second-order valence-corrected chi connectivity index (χ2v) is 3.62. The topological polar surface area (TPSA) is 90.2 Å².